The molecule has 0 unspecified atom stereocenters. The van der Waals surface area contributed by atoms with Gasteiger partial charge in [-0.3, -0.25) is 0 Å². The molecule has 0 bridgehead atoms. The molecule has 0 spiro atoms. The van der Waals surface area contributed by atoms with Crippen LogP contribution in [0.4, 0.5) is 4.39 Å². The first-order valence-corrected chi connectivity index (χ1v) is 5.60. The topological polar surface area (TPSA) is 3.88 Å². The third-order valence-corrected chi connectivity index (χ3v) is 3.01. The minimum Gasteiger partial charge on any atom is -0.333 e. The fraction of sp³-hybridized carbons (Fsp3) is 0.200. The van der Waals surface area contributed by atoms with Crippen LogP contribution in [0, 0.1) is 33.6 Å². The van der Waals surface area contributed by atoms with Crippen molar-refractivity contribution in [1.29, 1.82) is 0 Å². The van der Waals surface area contributed by atoms with E-state index < -0.39 is 0 Å². The molecule has 0 amide bonds. The zero-order valence-electron chi connectivity index (χ0n) is 10.4. The molecule has 2 heteroatoms. The van der Waals surface area contributed by atoms with Crippen molar-refractivity contribution in [1.82, 2.24) is 0 Å². The van der Waals surface area contributed by atoms with Crippen LogP contribution in [0.1, 0.15) is 16.7 Å². The first-order chi connectivity index (χ1) is 8.00. The standard InChI is InChI=1S/C15H16FN/c1-10-6-5-7-17(4)15(10)14-11(2)8-13(16)9-12(14)3/h5-9H,4H2,1-3H3. The molecule has 1 nitrogen and oxygen atoms in total. The van der Waals surface area contributed by atoms with E-state index >= 15 is 0 Å². The molecule has 1 heterocycles. The number of hydrogen-bond acceptors (Lipinski definition) is 0. The minimum absolute atomic E-state index is 0.187. The summed E-state index contributed by atoms with van der Waals surface area (Å²) in [6.07, 6.45) is 1.91. The van der Waals surface area contributed by atoms with Crippen molar-refractivity contribution in [2.75, 3.05) is 0 Å². The van der Waals surface area contributed by atoms with E-state index in [0.717, 1.165) is 27.9 Å². The fourth-order valence-electron chi connectivity index (χ4n) is 2.30. The van der Waals surface area contributed by atoms with E-state index in [9.17, 15) is 4.39 Å². The first-order valence-electron chi connectivity index (χ1n) is 5.60. The average molecular weight is 229 g/mol. The molecule has 0 fully saturated rings. The highest BCUT2D eigenvalue weighted by Gasteiger charge is 2.12. The molecule has 88 valence electrons. The van der Waals surface area contributed by atoms with Crippen molar-refractivity contribution in [3.63, 3.8) is 0 Å². The third-order valence-electron chi connectivity index (χ3n) is 3.01. The predicted molar refractivity (Wildman–Crippen MR) is 67.0 cm³/mol. The van der Waals surface area contributed by atoms with E-state index in [-0.39, 0.29) is 5.82 Å². The second kappa shape index (κ2) is 4.21. The monoisotopic (exact) mass is 229 g/mol. The van der Waals surface area contributed by atoms with Crippen LogP contribution < -0.4 is 4.57 Å². The molecule has 2 aromatic rings. The summed E-state index contributed by atoms with van der Waals surface area (Å²) in [6.45, 7) is 5.90. The number of aromatic nitrogens is 1. The molecule has 0 N–H and O–H groups in total. The zero-order valence-corrected chi connectivity index (χ0v) is 10.4. The van der Waals surface area contributed by atoms with E-state index in [0.29, 0.717) is 0 Å². The first kappa shape index (κ1) is 11.6. The van der Waals surface area contributed by atoms with Crippen LogP contribution in [0.15, 0.2) is 30.5 Å². The highest BCUT2D eigenvalue weighted by molar-refractivity contribution is 5.67. The van der Waals surface area contributed by atoms with Crippen LogP contribution in [-0.4, -0.2) is 0 Å². The van der Waals surface area contributed by atoms with Crippen LogP contribution in [0.5, 0.6) is 0 Å². The lowest BCUT2D eigenvalue weighted by Gasteiger charge is -2.15. The summed E-state index contributed by atoms with van der Waals surface area (Å²) in [6, 6.07) is 7.13. The summed E-state index contributed by atoms with van der Waals surface area (Å²) in [7, 11) is 3.99. The van der Waals surface area contributed by atoms with Crippen LogP contribution in [0.3, 0.4) is 0 Å². The van der Waals surface area contributed by atoms with Gasteiger partial charge in [0, 0.05) is 7.05 Å². The number of benzene rings is 1. The second-order valence-corrected chi connectivity index (χ2v) is 4.42. The number of nitrogens with zero attached hydrogens (tertiary/aromatic N) is 1. The summed E-state index contributed by atoms with van der Waals surface area (Å²) >= 11 is 0. The Morgan fingerprint density at radius 3 is 2.18 bits per heavy atom. The summed E-state index contributed by atoms with van der Waals surface area (Å²) in [4.78, 5) is 0. The van der Waals surface area contributed by atoms with Gasteiger partial charge in [-0.15, -0.1) is 0 Å². The predicted octanol–water partition coefficient (Wildman–Crippen LogP) is 3.35. The highest BCUT2D eigenvalue weighted by Crippen LogP contribution is 2.27. The van der Waals surface area contributed by atoms with Gasteiger partial charge in [0.15, 0.2) is 0 Å². The molecule has 17 heavy (non-hydrogen) atoms. The number of aryl methyl sites for hydroxylation is 3. The van der Waals surface area contributed by atoms with E-state index in [1.807, 2.05) is 43.7 Å². The number of hydrogen-bond donors (Lipinski definition) is 0. The van der Waals surface area contributed by atoms with Gasteiger partial charge >= 0.3 is 0 Å². The smallest absolute Gasteiger partial charge is 0.123 e. The molecule has 0 saturated heterocycles. The van der Waals surface area contributed by atoms with E-state index in [2.05, 4.69) is 7.05 Å². The van der Waals surface area contributed by atoms with Crippen molar-refractivity contribution in [3.05, 3.63) is 60.0 Å². The van der Waals surface area contributed by atoms with Crippen molar-refractivity contribution >= 4 is 0 Å². The van der Waals surface area contributed by atoms with Gasteiger partial charge in [-0.05, 0) is 55.2 Å². The van der Waals surface area contributed by atoms with E-state index in [1.54, 1.807) is 12.1 Å². The quantitative estimate of drug-likeness (QED) is 0.521. The van der Waals surface area contributed by atoms with Crippen molar-refractivity contribution in [2.45, 2.75) is 20.8 Å². The zero-order chi connectivity index (χ0) is 12.6. The maximum Gasteiger partial charge on any atom is 0.123 e. The Kier molecular flexibility index (Phi) is 2.88. The molecular formula is C15H16FN. The molecule has 1 aromatic carbocycles. The van der Waals surface area contributed by atoms with Crippen molar-refractivity contribution < 1.29 is 8.96 Å². The summed E-state index contributed by atoms with van der Waals surface area (Å²) in [5.74, 6) is -0.187. The number of rotatable bonds is 1. The van der Waals surface area contributed by atoms with Crippen LogP contribution >= 0.6 is 0 Å². The molecule has 0 aliphatic carbocycles. The lowest BCUT2D eigenvalue weighted by molar-refractivity contribution is -0.601. The molecule has 2 rings (SSSR count). The van der Waals surface area contributed by atoms with Gasteiger partial charge in [0.2, 0.25) is 0 Å². The molecule has 0 atom stereocenters. The lowest BCUT2D eigenvalue weighted by Crippen LogP contribution is -2.29. The van der Waals surface area contributed by atoms with Gasteiger partial charge < -0.3 is 4.57 Å². The maximum absolute atomic E-state index is 13.3. The van der Waals surface area contributed by atoms with E-state index in [1.165, 1.54) is 0 Å². The molecule has 0 saturated carbocycles. The number of halogens is 1. The average Bonchev–Trinajstić information content (AvgIpc) is 2.21. The summed E-state index contributed by atoms with van der Waals surface area (Å²) in [5, 5.41) is 0. The lowest BCUT2D eigenvalue weighted by atomic mass is 9.96. The molecule has 0 aliphatic heterocycles. The normalized spacial score (nSPS) is 10.6. The largest absolute Gasteiger partial charge is 0.333 e. The maximum atomic E-state index is 13.3. The second-order valence-electron chi connectivity index (χ2n) is 4.42. The van der Waals surface area contributed by atoms with Gasteiger partial charge in [-0.2, -0.15) is 0 Å². The Morgan fingerprint density at radius 2 is 1.65 bits per heavy atom. The molecular weight excluding hydrogens is 213 g/mol. The summed E-state index contributed by atoms with van der Waals surface area (Å²) < 4.78 is 15.1. The van der Waals surface area contributed by atoms with Crippen molar-refractivity contribution in [2.24, 2.45) is 0 Å². The van der Waals surface area contributed by atoms with Crippen molar-refractivity contribution in [3.8, 4) is 11.3 Å². The van der Waals surface area contributed by atoms with Crippen LogP contribution in [-0.2, 0) is 0 Å². The third kappa shape index (κ3) is 2.03. The van der Waals surface area contributed by atoms with Crippen LogP contribution in [0.2, 0.25) is 0 Å². The summed E-state index contributed by atoms with van der Waals surface area (Å²) in [5.41, 5.74) is 5.13. The Morgan fingerprint density at radius 1 is 1.06 bits per heavy atom. The molecule has 0 radical (unpaired) electrons. The van der Waals surface area contributed by atoms with Gasteiger partial charge in [0.05, 0.1) is 6.20 Å². The SMILES string of the molecule is [CH2-][n+]1cccc(C)c1-c1c(C)cc(F)cc1C. The van der Waals surface area contributed by atoms with Gasteiger partial charge in [0.1, 0.15) is 11.5 Å². The van der Waals surface area contributed by atoms with Gasteiger partial charge in [0.25, 0.3) is 0 Å². The fourth-order valence-corrected chi connectivity index (χ4v) is 2.30. The number of pyridine rings is 1. The Labute approximate surface area is 102 Å². The van der Waals surface area contributed by atoms with Crippen LogP contribution in [0.25, 0.3) is 11.3 Å². The Hall–Kier alpha value is -1.83. The van der Waals surface area contributed by atoms with E-state index in [4.69, 9.17) is 0 Å². The highest BCUT2D eigenvalue weighted by atomic mass is 19.1. The van der Waals surface area contributed by atoms with Gasteiger partial charge in [-0.25, -0.2) is 4.39 Å². The molecule has 0 aliphatic rings. The van der Waals surface area contributed by atoms with Gasteiger partial charge in [-0.1, -0.05) is 12.1 Å². The Balaban J connectivity index is 2.77. The minimum atomic E-state index is -0.187. The Bertz CT molecular complexity index is 530. The molecule has 1 aromatic heterocycles.